The first-order valence-corrected chi connectivity index (χ1v) is 14.1. The summed E-state index contributed by atoms with van der Waals surface area (Å²) in [4.78, 5) is 46.5. The lowest BCUT2D eigenvalue weighted by Gasteiger charge is -2.32. The Morgan fingerprint density at radius 1 is 0.955 bits per heavy atom. The number of halogens is 2. The van der Waals surface area contributed by atoms with Gasteiger partial charge in [0.25, 0.3) is 0 Å². The summed E-state index contributed by atoms with van der Waals surface area (Å²) in [5, 5.41) is 14.9. The minimum atomic E-state index is -1.22. The summed E-state index contributed by atoms with van der Waals surface area (Å²) in [5.41, 5.74) is 3.49. The Morgan fingerprint density at radius 3 is 2.34 bits per heavy atom. The number of amides is 3. The van der Waals surface area contributed by atoms with Gasteiger partial charge in [-0.1, -0.05) is 29.4 Å². The zero-order valence-corrected chi connectivity index (χ0v) is 23.5. The third-order valence-electron chi connectivity index (χ3n) is 7.99. The molecule has 2 fully saturated rings. The average molecular weight is 603 g/mol. The molecule has 0 spiro atoms. The van der Waals surface area contributed by atoms with Gasteiger partial charge in [-0.2, -0.15) is 0 Å². The highest BCUT2D eigenvalue weighted by atomic mass is 19.1. The van der Waals surface area contributed by atoms with Gasteiger partial charge in [0.05, 0.1) is 6.54 Å². The van der Waals surface area contributed by atoms with Crippen LogP contribution in [0.1, 0.15) is 52.4 Å². The Kier molecular flexibility index (Phi) is 8.11. The minimum Gasteiger partial charge on any atom is -0.475 e. The van der Waals surface area contributed by atoms with E-state index in [1.807, 2.05) is 24.3 Å². The molecule has 6 rings (SSSR count). The number of rotatable bonds is 8. The van der Waals surface area contributed by atoms with Crippen molar-refractivity contribution in [3.63, 3.8) is 0 Å². The number of aromatic nitrogens is 3. The van der Waals surface area contributed by atoms with Gasteiger partial charge in [0, 0.05) is 49.1 Å². The highest BCUT2D eigenvalue weighted by Crippen LogP contribution is 2.32. The SMILES string of the molecule is O=C1CCN(Cc2cc(F)c(C3CCN(Cc4ccc(-c5cnc(-c6cc(C(=O)O)on6)nc5)cc4)CC3)cc2F)C(=O)N1. The van der Waals surface area contributed by atoms with Crippen molar-refractivity contribution in [2.24, 2.45) is 0 Å². The van der Waals surface area contributed by atoms with Crippen molar-refractivity contribution in [2.75, 3.05) is 19.6 Å². The fraction of sp³-hybridized carbons (Fsp3) is 0.290. The van der Waals surface area contributed by atoms with Gasteiger partial charge in [-0.3, -0.25) is 15.0 Å². The topological polar surface area (TPSA) is 142 Å². The van der Waals surface area contributed by atoms with Crippen LogP contribution in [0.2, 0.25) is 0 Å². The summed E-state index contributed by atoms with van der Waals surface area (Å²) >= 11 is 0. The largest absolute Gasteiger partial charge is 0.475 e. The van der Waals surface area contributed by atoms with E-state index in [0.717, 1.165) is 36.3 Å². The van der Waals surface area contributed by atoms with Crippen LogP contribution in [0, 0.1) is 11.6 Å². The molecule has 4 aromatic rings. The normalized spacial score (nSPS) is 16.3. The molecular formula is C31H28F2N6O5. The molecule has 0 bridgehead atoms. The predicted octanol–water partition coefficient (Wildman–Crippen LogP) is 4.60. The van der Waals surface area contributed by atoms with Crippen LogP contribution in [-0.2, 0) is 17.9 Å². The number of imide groups is 1. The molecule has 3 amide bonds. The number of carboxylic acid groups (broad SMARTS) is 1. The fourth-order valence-corrected chi connectivity index (χ4v) is 5.55. The Labute approximate surface area is 250 Å². The number of hydrogen-bond acceptors (Lipinski definition) is 8. The molecule has 0 saturated carbocycles. The van der Waals surface area contributed by atoms with E-state index in [1.54, 1.807) is 12.4 Å². The number of piperidine rings is 1. The van der Waals surface area contributed by atoms with E-state index >= 15 is 4.39 Å². The quantitative estimate of drug-likeness (QED) is 0.296. The molecule has 226 valence electrons. The number of hydrogen-bond donors (Lipinski definition) is 2. The summed E-state index contributed by atoms with van der Waals surface area (Å²) in [7, 11) is 0. The molecule has 4 heterocycles. The lowest BCUT2D eigenvalue weighted by atomic mass is 9.88. The van der Waals surface area contributed by atoms with Crippen LogP contribution in [0.3, 0.4) is 0 Å². The third kappa shape index (κ3) is 6.32. The van der Waals surface area contributed by atoms with Crippen molar-refractivity contribution in [2.45, 2.75) is 38.3 Å². The number of carbonyl (C=O) groups excluding carboxylic acids is 2. The van der Waals surface area contributed by atoms with Crippen molar-refractivity contribution >= 4 is 17.9 Å². The monoisotopic (exact) mass is 602 g/mol. The van der Waals surface area contributed by atoms with E-state index in [9.17, 15) is 18.8 Å². The standard InChI is InChI=1S/C31H28F2N6O5/c32-24-12-23(25(33)11-21(24)17-39-10-7-28(40)36-31(39)43)20-5-8-38(9-6-20)16-18-1-3-19(4-2-18)22-14-34-29(35-15-22)26-13-27(30(41)42)44-37-26/h1-4,11-15,20H,5-10,16-17H2,(H,41,42)(H,36,40,43). The summed E-state index contributed by atoms with van der Waals surface area (Å²) in [6, 6.07) is 11.1. The maximum absolute atomic E-state index is 15.1. The Hall–Kier alpha value is -5.04. The van der Waals surface area contributed by atoms with Gasteiger partial charge in [-0.05, 0) is 60.7 Å². The number of carbonyl (C=O) groups is 3. The molecule has 11 nitrogen and oxygen atoms in total. The first kappa shape index (κ1) is 29.1. The average Bonchev–Trinajstić information content (AvgIpc) is 3.52. The van der Waals surface area contributed by atoms with Gasteiger partial charge in [-0.25, -0.2) is 28.3 Å². The Morgan fingerprint density at radius 2 is 1.68 bits per heavy atom. The molecule has 2 saturated heterocycles. The molecule has 0 unspecified atom stereocenters. The first-order valence-electron chi connectivity index (χ1n) is 14.1. The van der Waals surface area contributed by atoms with Crippen molar-refractivity contribution in [3.8, 4) is 22.6 Å². The molecule has 2 N–H and O–H groups in total. The third-order valence-corrected chi connectivity index (χ3v) is 7.99. The Bertz CT molecular complexity index is 1700. The van der Waals surface area contributed by atoms with Crippen molar-refractivity contribution in [1.82, 2.24) is 30.2 Å². The summed E-state index contributed by atoms with van der Waals surface area (Å²) in [6.07, 6.45) is 4.78. The molecule has 2 aliphatic rings. The van der Waals surface area contributed by atoms with Crippen LogP contribution in [-0.4, -0.2) is 67.6 Å². The first-order chi connectivity index (χ1) is 21.2. The highest BCUT2D eigenvalue weighted by molar-refractivity contribution is 5.96. The van der Waals surface area contributed by atoms with E-state index in [2.05, 4.69) is 25.3 Å². The number of likely N-dealkylation sites (tertiary alicyclic amines) is 1. The number of nitrogens with one attached hydrogen (secondary N) is 1. The Balaban J connectivity index is 1.03. The van der Waals surface area contributed by atoms with Crippen molar-refractivity contribution in [1.29, 1.82) is 0 Å². The summed E-state index contributed by atoms with van der Waals surface area (Å²) in [6.45, 7) is 2.25. The van der Waals surface area contributed by atoms with E-state index in [0.29, 0.717) is 18.4 Å². The van der Waals surface area contributed by atoms with E-state index in [-0.39, 0.29) is 54.2 Å². The van der Waals surface area contributed by atoms with Crippen LogP contribution in [0.5, 0.6) is 0 Å². The number of carboxylic acids is 1. The van der Waals surface area contributed by atoms with Crippen molar-refractivity contribution in [3.05, 3.63) is 88.9 Å². The molecule has 0 aliphatic carbocycles. The molecular weight excluding hydrogens is 574 g/mol. The lowest BCUT2D eigenvalue weighted by Crippen LogP contribution is -2.48. The molecule has 0 radical (unpaired) electrons. The molecule has 2 aromatic heterocycles. The van der Waals surface area contributed by atoms with Gasteiger partial charge in [0.15, 0.2) is 11.5 Å². The maximum atomic E-state index is 15.1. The lowest BCUT2D eigenvalue weighted by molar-refractivity contribution is -0.121. The van der Waals surface area contributed by atoms with Crippen LogP contribution < -0.4 is 5.32 Å². The van der Waals surface area contributed by atoms with Crippen LogP contribution in [0.4, 0.5) is 13.6 Å². The van der Waals surface area contributed by atoms with Crippen molar-refractivity contribution < 1.29 is 32.8 Å². The van der Waals surface area contributed by atoms with E-state index in [1.165, 1.54) is 23.1 Å². The highest BCUT2D eigenvalue weighted by Gasteiger charge is 2.27. The number of aromatic carboxylic acids is 1. The zero-order valence-electron chi connectivity index (χ0n) is 23.5. The second kappa shape index (κ2) is 12.3. The predicted molar refractivity (Wildman–Crippen MR) is 152 cm³/mol. The fourth-order valence-electron chi connectivity index (χ4n) is 5.55. The zero-order chi connectivity index (χ0) is 30.8. The van der Waals surface area contributed by atoms with E-state index < -0.39 is 23.6 Å². The second-order valence-electron chi connectivity index (χ2n) is 10.9. The van der Waals surface area contributed by atoms with Gasteiger partial charge in [0.2, 0.25) is 11.7 Å². The molecule has 44 heavy (non-hydrogen) atoms. The second-order valence-corrected chi connectivity index (χ2v) is 10.9. The molecule has 2 aliphatic heterocycles. The summed E-state index contributed by atoms with van der Waals surface area (Å²) in [5.74, 6) is -2.77. The molecule has 0 atom stereocenters. The molecule has 13 heteroatoms. The molecule has 2 aromatic carbocycles. The van der Waals surface area contributed by atoms with Crippen LogP contribution in [0.25, 0.3) is 22.6 Å². The number of benzene rings is 2. The summed E-state index contributed by atoms with van der Waals surface area (Å²) < 4.78 is 34.8. The van der Waals surface area contributed by atoms with Gasteiger partial charge >= 0.3 is 12.0 Å². The van der Waals surface area contributed by atoms with Gasteiger partial charge in [0.1, 0.15) is 11.6 Å². The number of urea groups is 1. The smallest absolute Gasteiger partial charge is 0.374 e. The minimum absolute atomic E-state index is 0.0865. The maximum Gasteiger partial charge on any atom is 0.374 e. The van der Waals surface area contributed by atoms with Gasteiger partial charge in [-0.15, -0.1) is 0 Å². The van der Waals surface area contributed by atoms with Crippen LogP contribution in [0.15, 0.2) is 59.4 Å². The van der Waals surface area contributed by atoms with Crippen LogP contribution >= 0.6 is 0 Å². The number of nitrogens with zero attached hydrogens (tertiary/aromatic N) is 5. The van der Waals surface area contributed by atoms with E-state index in [4.69, 9.17) is 9.63 Å². The van der Waals surface area contributed by atoms with Gasteiger partial charge < -0.3 is 14.5 Å².